The van der Waals surface area contributed by atoms with Crippen LogP contribution in [-0.2, 0) is 35.6 Å². The Morgan fingerprint density at radius 3 is 2.45 bits per heavy atom. The van der Waals surface area contributed by atoms with Crippen molar-refractivity contribution >= 4 is 33.6 Å². The molecule has 2 aliphatic carbocycles. The van der Waals surface area contributed by atoms with E-state index < -0.39 is 38.8 Å². The molecule has 3 atom stereocenters. The van der Waals surface area contributed by atoms with E-state index >= 15 is 0 Å². The summed E-state index contributed by atoms with van der Waals surface area (Å²) in [7, 11) is -3.98. The molecule has 2 fully saturated rings. The SMILES string of the molecule is CCOC(=O)[C@H](Cc1ccc(OCCCC(=O)N=C(N)N)cc1)NS(=O)(=O)C[C@]12CCC(CC1=O)C2(C)C. The molecule has 2 aliphatic rings. The molecule has 1 aromatic rings. The maximum Gasteiger partial charge on any atom is 0.324 e. The quantitative estimate of drug-likeness (QED) is 0.142. The van der Waals surface area contributed by atoms with Crippen LogP contribution in [0.15, 0.2) is 29.3 Å². The van der Waals surface area contributed by atoms with Gasteiger partial charge in [-0.1, -0.05) is 26.0 Å². The van der Waals surface area contributed by atoms with Crippen LogP contribution >= 0.6 is 0 Å². The van der Waals surface area contributed by atoms with E-state index in [2.05, 4.69) is 9.71 Å². The molecular weight excluding hydrogens is 512 g/mol. The molecule has 2 saturated carbocycles. The van der Waals surface area contributed by atoms with Crippen molar-refractivity contribution in [2.45, 2.75) is 65.3 Å². The second-order valence-corrected chi connectivity index (χ2v) is 12.3. The molecule has 5 N–H and O–H groups in total. The number of aliphatic imine (C=N–C) groups is 1. The van der Waals surface area contributed by atoms with Crippen LogP contribution in [0.25, 0.3) is 0 Å². The van der Waals surface area contributed by atoms with E-state index in [-0.39, 0.29) is 49.5 Å². The Morgan fingerprint density at radius 1 is 1.21 bits per heavy atom. The number of Topliss-reactive ketones (excluding diaryl/α,β-unsaturated/α-hetero) is 1. The molecule has 12 heteroatoms. The summed E-state index contributed by atoms with van der Waals surface area (Å²) in [5, 5.41) is 0. The van der Waals surface area contributed by atoms with E-state index in [1.165, 1.54) is 0 Å². The standard InChI is InChI=1S/C26H38N4O7S/c1-4-36-23(33)20(30-38(34,35)16-26-12-11-18(15-21(26)31)25(26,2)3)14-17-7-9-19(10-8-17)37-13-5-6-22(32)29-24(27)28/h7-10,18,20,30H,4-6,11-16H2,1-3H3,(H4,27,28,29,32)/t18?,20-,26+/m0/s1. The third-order valence-corrected chi connectivity index (χ3v) is 9.41. The number of sulfonamides is 1. The number of nitrogens with one attached hydrogen (secondary N) is 1. The molecule has 210 valence electrons. The van der Waals surface area contributed by atoms with Gasteiger partial charge in [-0.25, -0.2) is 13.1 Å². The minimum atomic E-state index is -3.98. The smallest absolute Gasteiger partial charge is 0.324 e. The van der Waals surface area contributed by atoms with Crippen molar-refractivity contribution in [2.24, 2.45) is 33.2 Å². The van der Waals surface area contributed by atoms with Crippen molar-refractivity contribution in [2.75, 3.05) is 19.0 Å². The first kappa shape index (κ1) is 29.6. The highest BCUT2D eigenvalue weighted by molar-refractivity contribution is 7.89. The number of carbonyl (C=O) groups excluding carboxylic acids is 3. The van der Waals surface area contributed by atoms with Gasteiger partial charge in [0.15, 0.2) is 5.96 Å². The summed E-state index contributed by atoms with van der Waals surface area (Å²) in [6.45, 7) is 5.97. The summed E-state index contributed by atoms with van der Waals surface area (Å²) in [6, 6.07) is 5.71. The Balaban J connectivity index is 1.63. The normalized spacial score (nSPS) is 22.6. The number of hydrogen-bond donors (Lipinski definition) is 3. The van der Waals surface area contributed by atoms with Gasteiger partial charge in [0.05, 0.1) is 19.0 Å². The van der Waals surface area contributed by atoms with Gasteiger partial charge in [0.1, 0.15) is 17.6 Å². The van der Waals surface area contributed by atoms with Gasteiger partial charge in [0.25, 0.3) is 0 Å². The van der Waals surface area contributed by atoms with Crippen LogP contribution in [0.1, 0.15) is 58.4 Å². The summed E-state index contributed by atoms with van der Waals surface area (Å²) in [4.78, 5) is 40.4. The molecule has 0 aliphatic heterocycles. The molecule has 1 unspecified atom stereocenters. The van der Waals surface area contributed by atoms with Gasteiger partial charge in [-0.3, -0.25) is 14.4 Å². The number of hydrogen-bond acceptors (Lipinski definition) is 7. The average molecular weight is 551 g/mol. The number of guanidine groups is 1. The number of nitrogens with zero attached hydrogens (tertiary/aromatic N) is 1. The molecule has 3 rings (SSSR count). The number of ether oxygens (including phenoxy) is 2. The lowest BCUT2D eigenvalue weighted by molar-refractivity contribution is -0.145. The lowest BCUT2D eigenvalue weighted by Gasteiger charge is -2.36. The molecule has 0 aromatic heterocycles. The van der Waals surface area contributed by atoms with E-state index in [4.69, 9.17) is 20.9 Å². The van der Waals surface area contributed by atoms with Crippen LogP contribution < -0.4 is 20.9 Å². The van der Waals surface area contributed by atoms with Crippen LogP contribution in [0.4, 0.5) is 0 Å². The average Bonchev–Trinajstić information content (AvgIpc) is 3.16. The van der Waals surface area contributed by atoms with Crippen LogP contribution in [0, 0.1) is 16.7 Å². The second kappa shape index (κ2) is 11.8. The number of esters is 1. The zero-order valence-electron chi connectivity index (χ0n) is 22.2. The van der Waals surface area contributed by atoms with Crippen molar-refractivity contribution in [1.82, 2.24) is 4.72 Å². The Morgan fingerprint density at radius 2 is 1.89 bits per heavy atom. The fraction of sp³-hybridized carbons (Fsp3) is 0.615. The first-order valence-corrected chi connectivity index (χ1v) is 14.5. The molecular formula is C26H38N4O7S. The van der Waals surface area contributed by atoms with Gasteiger partial charge in [-0.05, 0) is 61.6 Å². The topological polar surface area (TPSA) is 180 Å². The molecule has 2 bridgehead atoms. The molecule has 1 amide bonds. The van der Waals surface area contributed by atoms with Crippen LogP contribution in [-0.4, -0.2) is 57.0 Å². The maximum absolute atomic E-state index is 13.3. The van der Waals surface area contributed by atoms with Crippen molar-refractivity contribution in [1.29, 1.82) is 0 Å². The van der Waals surface area contributed by atoms with E-state index in [1.54, 1.807) is 31.2 Å². The van der Waals surface area contributed by atoms with Gasteiger partial charge in [0.2, 0.25) is 15.9 Å². The van der Waals surface area contributed by atoms with Crippen molar-refractivity contribution in [3.05, 3.63) is 29.8 Å². The Labute approximate surface area is 223 Å². The zero-order chi connectivity index (χ0) is 28.1. The fourth-order valence-corrected chi connectivity index (χ4v) is 7.70. The van der Waals surface area contributed by atoms with E-state index in [0.29, 0.717) is 30.6 Å². The van der Waals surface area contributed by atoms with E-state index in [1.807, 2.05) is 13.8 Å². The van der Waals surface area contributed by atoms with Crippen LogP contribution in [0.3, 0.4) is 0 Å². The Kier molecular flexibility index (Phi) is 9.19. The lowest BCUT2D eigenvalue weighted by atomic mass is 9.70. The lowest BCUT2D eigenvalue weighted by Crippen LogP contribution is -2.50. The van der Waals surface area contributed by atoms with Gasteiger partial charge in [-0.2, -0.15) is 4.99 Å². The monoisotopic (exact) mass is 550 g/mol. The highest BCUT2D eigenvalue weighted by atomic mass is 32.2. The number of rotatable bonds is 13. The number of nitrogens with two attached hydrogens (primary N) is 2. The number of carbonyl (C=O) groups is 3. The van der Waals surface area contributed by atoms with Gasteiger partial charge >= 0.3 is 5.97 Å². The van der Waals surface area contributed by atoms with E-state index in [0.717, 1.165) is 6.42 Å². The summed E-state index contributed by atoms with van der Waals surface area (Å²) in [5.41, 5.74) is 9.68. The van der Waals surface area contributed by atoms with Crippen LogP contribution in [0.2, 0.25) is 0 Å². The molecule has 1 aromatic carbocycles. The van der Waals surface area contributed by atoms with Gasteiger partial charge in [0, 0.05) is 18.3 Å². The van der Waals surface area contributed by atoms with Crippen LogP contribution in [0.5, 0.6) is 5.75 Å². The summed E-state index contributed by atoms with van der Waals surface area (Å²) in [5.74, 6) is -0.994. The number of benzene rings is 1. The van der Waals surface area contributed by atoms with Crippen molar-refractivity contribution < 1.29 is 32.3 Å². The minimum Gasteiger partial charge on any atom is -0.494 e. The van der Waals surface area contributed by atoms with E-state index in [9.17, 15) is 22.8 Å². The number of fused-ring (bicyclic) bond motifs is 2. The Bertz CT molecular complexity index is 1180. The van der Waals surface area contributed by atoms with Gasteiger partial charge in [-0.15, -0.1) is 0 Å². The Hall–Kier alpha value is -2.99. The summed E-state index contributed by atoms with van der Waals surface area (Å²) >= 11 is 0. The second-order valence-electron chi connectivity index (χ2n) is 10.6. The molecule has 38 heavy (non-hydrogen) atoms. The summed E-state index contributed by atoms with van der Waals surface area (Å²) < 4.78 is 39.8. The van der Waals surface area contributed by atoms with Crippen molar-refractivity contribution in [3.8, 4) is 5.75 Å². The van der Waals surface area contributed by atoms with Gasteiger partial charge < -0.3 is 20.9 Å². The summed E-state index contributed by atoms with van der Waals surface area (Å²) in [6.07, 6.45) is 2.41. The maximum atomic E-state index is 13.3. The minimum absolute atomic E-state index is 0.00648. The number of amides is 1. The predicted octanol–water partition coefficient (Wildman–Crippen LogP) is 1.43. The molecule has 0 heterocycles. The largest absolute Gasteiger partial charge is 0.494 e. The molecule has 11 nitrogen and oxygen atoms in total. The molecule has 0 saturated heterocycles. The first-order chi connectivity index (χ1) is 17.8. The number of ketones is 1. The third kappa shape index (κ3) is 6.71. The zero-order valence-corrected chi connectivity index (χ0v) is 23.0. The fourth-order valence-electron chi connectivity index (χ4n) is 5.68. The first-order valence-electron chi connectivity index (χ1n) is 12.8. The predicted molar refractivity (Wildman–Crippen MR) is 142 cm³/mol. The van der Waals surface area contributed by atoms with Crippen molar-refractivity contribution in [3.63, 3.8) is 0 Å². The highest BCUT2D eigenvalue weighted by Crippen LogP contribution is 2.64. The molecule has 0 spiro atoms. The highest BCUT2D eigenvalue weighted by Gasteiger charge is 2.65. The third-order valence-electron chi connectivity index (χ3n) is 7.89. The molecule has 0 radical (unpaired) electrons.